The van der Waals surface area contributed by atoms with Crippen LogP contribution < -0.4 is 10.9 Å². The Balaban J connectivity index is 1.88. The third kappa shape index (κ3) is 2.36. The van der Waals surface area contributed by atoms with Crippen LogP contribution in [-0.2, 0) is 18.4 Å². The number of nitrogens with zero attached hydrogens (tertiary/aromatic N) is 5. The SMILES string of the molecule is Cc1cc(NC(=O)Cn2ncc3c(C)nn(C)c3c2=O)on1. The fraction of sp³-hybridized carbons (Fsp3) is 0.308. The van der Waals surface area contributed by atoms with Gasteiger partial charge < -0.3 is 4.52 Å². The minimum absolute atomic E-state index is 0.223. The van der Waals surface area contributed by atoms with Crippen LogP contribution in [0.5, 0.6) is 0 Å². The van der Waals surface area contributed by atoms with Crippen LogP contribution in [0.4, 0.5) is 5.88 Å². The zero-order chi connectivity index (χ0) is 15.9. The van der Waals surface area contributed by atoms with Gasteiger partial charge >= 0.3 is 0 Å². The highest BCUT2D eigenvalue weighted by atomic mass is 16.5. The van der Waals surface area contributed by atoms with Crippen molar-refractivity contribution in [2.24, 2.45) is 7.05 Å². The molecule has 3 aromatic rings. The molecule has 0 fully saturated rings. The maximum atomic E-state index is 12.4. The molecule has 1 amide bonds. The molecule has 3 rings (SSSR count). The average molecular weight is 302 g/mol. The highest BCUT2D eigenvalue weighted by molar-refractivity contribution is 5.89. The van der Waals surface area contributed by atoms with E-state index in [9.17, 15) is 9.59 Å². The van der Waals surface area contributed by atoms with Gasteiger partial charge in [0, 0.05) is 18.5 Å². The number of hydrogen-bond acceptors (Lipinski definition) is 6. The first-order valence-electron chi connectivity index (χ1n) is 6.58. The highest BCUT2D eigenvalue weighted by Crippen LogP contribution is 2.11. The molecule has 9 nitrogen and oxygen atoms in total. The Bertz CT molecular complexity index is 920. The molecule has 1 N–H and O–H groups in total. The number of nitrogens with one attached hydrogen (secondary N) is 1. The van der Waals surface area contributed by atoms with E-state index in [0.717, 1.165) is 10.4 Å². The first kappa shape index (κ1) is 14.0. The molecule has 3 heterocycles. The molecule has 0 aliphatic heterocycles. The Hall–Kier alpha value is -2.97. The summed E-state index contributed by atoms with van der Waals surface area (Å²) in [6.07, 6.45) is 1.53. The molecule has 0 atom stereocenters. The highest BCUT2D eigenvalue weighted by Gasteiger charge is 2.14. The van der Waals surface area contributed by atoms with Gasteiger partial charge in [-0.05, 0) is 13.8 Å². The van der Waals surface area contributed by atoms with Crippen molar-refractivity contribution in [3.8, 4) is 0 Å². The number of amides is 1. The summed E-state index contributed by atoms with van der Waals surface area (Å²) in [7, 11) is 1.68. The lowest BCUT2D eigenvalue weighted by Gasteiger charge is -2.04. The predicted octanol–water partition coefficient (Wildman–Crippen LogP) is 0.374. The molecule has 0 bridgehead atoms. The average Bonchev–Trinajstić information content (AvgIpc) is 2.97. The molecule has 114 valence electrons. The maximum absolute atomic E-state index is 12.4. The van der Waals surface area contributed by atoms with Gasteiger partial charge in [-0.2, -0.15) is 10.2 Å². The summed E-state index contributed by atoms with van der Waals surface area (Å²) in [5.74, 6) is -0.197. The molecule has 9 heteroatoms. The van der Waals surface area contributed by atoms with Gasteiger partial charge in [-0.15, -0.1) is 0 Å². The first-order chi connectivity index (χ1) is 10.5. The summed E-state index contributed by atoms with van der Waals surface area (Å²) >= 11 is 0. The van der Waals surface area contributed by atoms with Gasteiger partial charge in [0.25, 0.3) is 5.56 Å². The van der Waals surface area contributed by atoms with Gasteiger partial charge in [-0.3, -0.25) is 19.6 Å². The zero-order valence-corrected chi connectivity index (χ0v) is 12.3. The number of fused-ring (bicyclic) bond motifs is 1. The molecule has 0 aromatic carbocycles. The van der Waals surface area contributed by atoms with Gasteiger partial charge in [0.2, 0.25) is 11.8 Å². The summed E-state index contributed by atoms with van der Waals surface area (Å²) in [6.45, 7) is 3.31. The fourth-order valence-electron chi connectivity index (χ4n) is 2.23. The second-order valence-corrected chi connectivity index (χ2v) is 4.96. The van der Waals surface area contributed by atoms with E-state index in [1.54, 1.807) is 27.0 Å². The summed E-state index contributed by atoms with van der Waals surface area (Å²) < 4.78 is 7.47. The van der Waals surface area contributed by atoms with E-state index in [-0.39, 0.29) is 18.0 Å². The largest absolute Gasteiger partial charge is 0.338 e. The van der Waals surface area contributed by atoms with E-state index in [1.165, 1.54) is 10.9 Å². The van der Waals surface area contributed by atoms with E-state index in [0.29, 0.717) is 16.6 Å². The first-order valence-corrected chi connectivity index (χ1v) is 6.58. The Morgan fingerprint density at radius 3 is 2.86 bits per heavy atom. The van der Waals surface area contributed by atoms with E-state index < -0.39 is 5.91 Å². The van der Waals surface area contributed by atoms with Crippen molar-refractivity contribution >= 4 is 22.7 Å². The van der Waals surface area contributed by atoms with E-state index >= 15 is 0 Å². The van der Waals surface area contributed by atoms with Crippen molar-refractivity contribution in [1.82, 2.24) is 24.7 Å². The van der Waals surface area contributed by atoms with Crippen LogP contribution in [0.15, 0.2) is 21.6 Å². The fourth-order valence-corrected chi connectivity index (χ4v) is 2.23. The summed E-state index contributed by atoms with van der Waals surface area (Å²) in [6, 6.07) is 1.59. The second-order valence-electron chi connectivity index (χ2n) is 4.96. The number of anilines is 1. The van der Waals surface area contributed by atoms with Crippen LogP contribution in [0.3, 0.4) is 0 Å². The minimum Gasteiger partial charge on any atom is -0.338 e. The molecule has 0 saturated heterocycles. The van der Waals surface area contributed by atoms with Crippen molar-refractivity contribution in [1.29, 1.82) is 0 Å². The number of aryl methyl sites for hydroxylation is 3. The number of rotatable bonds is 3. The number of carbonyl (C=O) groups excluding carboxylic acids is 1. The quantitative estimate of drug-likeness (QED) is 0.749. The summed E-state index contributed by atoms with van der Waals surface area (Å²) in [5.41, 5.74) is 1.41. The van der Waals surface area contributed by atoms with Crippen LogP contribution in [0.2, 0.25) is 0 Å². The van der Waals surface area contributed by atoms with Crippen molar-refractivity contribution in [2.75, 3.05) is 5.32 Å². The molecule has 0 aliphatic rings. The third-order valence-corrected chi connectivity index (χ3v) is 3.22. The second kappa shape index (κ2) is 5.10. The maximum Gasteiger partial charge on any atom is 0.293 e. The Kier molecular flexibility index (Phi) is 3.24. The van der Waals surface area contributed by atoms with Crippen LogP contribution in [0, 0.1) is 13.8 Å². The van der Waals surface area contributed by atoms with Crippen LogP contribution in [0.25, 0.3) is 10.9 Å². The molecule has 0 aliphatic carbocycles. The summed E-state index contributed by atoms with van der Waals surface area (Å²) in [5, 5.41) is 15.0. The van der Waals surface area contributed by atoms with Gasteiger partial charge in [-0.25, -0.2) is 4.68 Å². The zero-order valence-electron chi connectivity index (χ0n) is 12.3. The monoisotopic (exact) mass is 302 g/mol. The Morgan fingerprint density at radius 2 is 2.18 bits per heavy atom. The Labute approximate surface area is 124 Å². The van der Waals surface area contributed by atoms with Crippen LogP contribution in [0.1, 0.15) is 11.4 Å². The molecular formula is C13H14N6O3. The van der Waals surface area contributed by atoms with Gasteiger partial charge in [0.05, 0.1) is 17.6 Å². The standard InChI is InChI=1S/C13H14N6O3/c1-7-4-11(22-17-7)15-10(20)6-19-13(21)12-9(5-14-19)8(2)16-18(12)3/h4-5H,6H2,1-3H3,(H,15,20). The normalized spacial score (nSPS) is 11.0. The van der Waals surface area contributed by atoms with Gasteiger partial charge in [-0.1, -0.05) is 5.16 Å². The summed E-state index contributed by atoms with van der Waals surface area (Å²) in [4.78, 5) is 24.3. The smallest absolute Gasteiger partial charge is 0.293 e. The van der Waals surface area contributed by atoms with Crippen molar-refractivity contribution in [3.05, 3.63) is 34.0 Å². The number of hydrogen-bond donors (Lipinski definition) is 1. The van der Waals surface area contributed by atoms with Crippen LogP contribution >= 0.6 is 0 Å². The lowest BCUT2D eigenvalue weighted by atomic mass is 10.3. The molecule has 0 spiro atoms. The van der Waals surface area contributed by atoms with Gasteiger partial charge in [0.15, 0.2) is 0 Å². The molecule has 0 radical (unpaired) electrons. The molecule has 0 unspecified atom stereocenters. The van der Waals surface area contributed by atoms with E-state index in [2.05, 4.69) is 20.7 Å². The number of aromatic nitrogens is 5. The lowest BCUT2D eigenvalue weighted by molar-refractivity contribution is -0.117. The van der Waals surface area contributed by atoms with Crippen LogP contribution in [-0.4, -0.2) is 30.6 Å². The van der Waals surface area contributed by atoms with E-state index in [4.69, 9.17) is 4.52 Å². The molecule has 22 heavy (non-hydrogen) atoms. The third-order valence-electron chi connectivity index (χ3n) is 3.22. The topological polar surface area (TPSA) is 108 Å². The minimum atomic E-state index is -0.427. The predicted molar refractivity (Wildman–Crippen MR) is 77.4 cm³/mol. The van der Waals surface area contributed by atoms with Crippen molar-refractivity contribution < 1.29 is 9.32 Å². The number of carbonyl (C=O) groups is 1. The molecule has 3 aromatic heterocycles. The van der Waals surface area contributed by atoms with Crippen molar-refractivity contribution in [2.45, 2.75) is 20.4 Å². The molecular weight excluding hydrogens is 288 g/mol. The van der Waals surface area contributed by atoms with E-state index in [1.807, 2.05) is 0 Å². The molecule has 0 saturated carbocycles. The Morgan fingerprint density at radius 1 is 1.41 bits per heavy atom. The lowest BCUT2D eigenvalue weighted by Crippen LogP contribution is -2.30. The van der Waals surface area contributed by atoms with Gasteiger partial charge in [0.1, 0.15) is 12.1 Å². The van der Waals surface area contributed by atoms with Crippen molar-refractivity contribution in [3.63, 3.8) is 0 Å².